The van der Waals surface area contributed by atoms with Gasteiger partial charge < -0.3 is 19.9 Å². The van der Waals surface area contributed by atoms with Crippen molar-refractivity contribution in [3.63, 3.8) is 0 Å². The normalized spacial score (nSPS) is 20.0. The largest absolute Gasteiger partial charge is 0.496 e. The second kappa shape index (κ2) is 9.47. The van der Waals surface area contributed by atoms with Crippen molar-refractivity contribution >= 4 is 29.6 Å². The molecule has 206 valence electrons. The summed E-state index contributed by atoms with van der Waals surface area (Å²) in [7, 11) is -0.464. The molecule has 5 heterocycles. The Labute approximate surface area is 233 Å². The van der Waals surface area contributed by atoms with Gasteiger partial charge in [0.2, 0.25) is 5.95 Å². The summed E-state index contributed by atoms with van der Waals surface area (Å²) in [5.41, 5.74) is 10.3. The molecule has 9 nitrogen and oxygen atoms in total. The average molecular weight is 541 g/mol. The molecular formula is C29H33BFN7O2. The van der Waals surface area contributed by atoms with Crippen LogP contribution in [-0.2, 0) is 14.8 Å². The van der Waals surface area contributed by atoms with Crippen molar-refractivity contribution in [2.45, 2.75) is 57.8 Å². The van der Waals surface area contributed by atoms with Gasteiger partial charge in [-0.15, -0.1) is 0 Å². The molecule has 1 fully saturated rings. The van der Waals surface area contributed by atoms with Crippen molar-refractivity contribution in [3.05, 3.63) is 84.0 Å². The maximum Gasteiger partial charge on any atom is 0.496 e. The lowest BCUT2D eigenvalue weighted by Gasteiger charge is -2.32. The van der Waals surface area contributed by atoms with Gasteiger partial charge in [0, 0.05) is 42.7 Å². The molecule has 1 atom stereocenters. The first-order valence-corrected chi connectivity index (χ1v) is 13.5. The fraction of sp³-hybridized carbons (Fsp3) is 0.379. The van der Waals surface area contributed by atoms with E-state index in [1.165, 1.54) is 12.1 Å². The maximum atomic E-state index is 13.4. The molecule has 0 spiro atoms. The summed E-state index contributed by atoms with van der Waals surface area (Å²) in [6, 6.07) is 8.25. The van der Waals surface area contributed by atoms with Crippen molar-refractivity contribution in [1.29, 1.82) is 0 Å². The third-order valence-electron chi connectivity index (χ3n) is 8.43. The van der Waals surface area contributed by atoms with E-state index in [9.17, 15) is 4.39 Å². The molecule has 2 N–H and O–H groups in total. The monoisotopic (exact) mass is 541 g/mol. The Balaban J connectivity index is 1.19. The van der Waals surface area contributed by atoms with Crippen LogP contribution in [0.1, 0.15) is 57.9 Å². The van der Waals surface area contributed by atoms with E-state index < -0.39 is 23.9 Å². The fourth-order valence-corrected chi connectivity index (χ4v) is 5.09. The Hall–Kier alpha value is -3.67. The minimum atomic E-state index is -0.838. The summed E-state index contributed by atoms with van der Waals surface area (Å²) in [6.07, 6.45) is 9.96. The van der Waals surface area contributed by atoms with E-state index in [4.69, 9.17) is 15.0 Å². The predicted octanol–water partition coefficient (Wildman–Crippen LogP) is 3.47. The summed E-state index contributed by atoms with van der Waals surface area (Å²) in [4.78, 5) is 16.0. The summed E-state index contributed by atoms with van der Waals surface area (Å²) >= 11 is 0. The molecule has 1 aromatic carbocycles. The molecule has 1 saturated heterocycles. The fourth-order valence-electron chi connectivity index (χ4n) is 5.09. The first-order chi connectivity index (χ1) is 18.9. The van der Waals surface area contributed by atoms with Crippen molar-refractivity contribution in [1.82, 2.24) is 24.6 Å². The SMILES string of the molecule is CC1(C)OB(c2cc3c(C4=CCN(c5ncc([C@@](C)(N)c6ccc(F)cc6)cn5)CC4)ncnn3c2)OC1(C)C. The Morgan fingerprint density at radius 1 is 1.00 bits per heavy atom. The summed E-state index contributed by atoms with van der Waals surface area (Å²) in [5.74, 6) is 0.334. The highest BCUT2D eigenvalue weighted by Gasteiger charge is 2.52. The van der Waals surface area contributed by atoms with E-state index in [1.807, 2.05) is 45.3 Å². The molecule has 0 unspecified atom stereocenters. The van der Waals surface area contributed by atoms with Crippen LogP contribution in [0.3, 0.4) is 0 Å². The molecule has 40 heavy (non-hydrogen) atoms. The van der Waals surface area contributed by atoms with Crippen molar-refractivity contribution < 1.29 is 13.7 Å². The first-order valence-electron chi connectivity index (χ1n) is 13.5. The van der Waals surface area contributed by atoms with Crippen LogP contribution < -0.4 is 16.1 Å². The molecule has 3 aromatic heterocycles. The van der Waals surface area contributed by atoms with Gasteiger partial charge in [-0.3, -0.25) is 0 Å². The zero-order valence-electron chi connectivity index (χ0n) is 23.4. The number of anilines is 1. The van der Waals surface area contributed by atoms with Crippen molar-refractivity contribution in [2.24, 2.45) is 5.73 Å². The van der Waals surface area contributed by atoms with Gasteiger partial charge in [0.05, 0.1) is 28.0 Å². The van der Waals surface area contributed by atoms with Crippen molar-refractivity contribution in [3.8, 4) is 0 Å². The van der Waals surface area contributed by atoms with Gasteiger partial charge >= 0.3 is 7.12 Å². The van der Waals surface area contributed by atoms with Gasteiger partial charge in [0.1, 0.15) is 12.1 Å². The molecule has 0 saturated carbocycles. The number of hydrogen-bond acceptors (Lipinski definition) is 8. The zero-order chi connectivity index (χ0) is 28.3. The van der Waals surface area contributed by atoms with E-state index in [1.54, 1.807) is 30.9 Å². The van der Waals surface area contributed by atoms with Crippen LogP contribution in [0.15, 0.2) is 61.3 Å². The Morgan fingerprint density at radius 2 is 1.68 bits per heavy atom. The second-order valence-corrected chi connectivity index (χ2v) is 11.7. The van der Waals surface area contributed by atoms with Gasteiger partial charge in [-0.25, -0.2) is 23.9 Å². The number of nitrogens with two attached hydrogens (primary N) is 1. The summed E-state index contributed by atoms with van der Waals surface area (Å²) in [5, 5.41) is 4.43. The highest BCUT2D eigenvalue weighted by atomic mass is 19.1. The van der Waals surface area contributed by atoms with E-state index in [0.29, 0.717) is 12.5 Å². The van der Waals surface area contributed by atoms with Gasteiger partial charge in [-0.1, -0.05) is 18.2 Å². The summed E-state index contributed by atoms with van der Waals surface area (Å²) in [6.45, 7) is 11.4. The van der Waals surface area contributed by atoms with Crippen LogP contribution in [0.2, 0.25) is 0 Å². The Morgan fingerprint density at radius 3 is 2.30 bits per heavy atom. The molecule has 11 heteroatoms. The number of fused-ring (bicyclic) bond motifs is 1. The van der Waals surface area contributed by atoms with Crippen LogP contribution in [-0.4, -0.2) is 56.0 Å². The molecule has 0 amide bonds. The van der Waals surface area contributed by atoms with Crippen LogP contribution in [0.25, 0.3) is 11.1 Å². The van der Waals surface area contributed by atoms with E-state index in [2.05, 4.69) is 37.1 Å². The van der Waals surface area contributed by atoms with Gasteiger partial charge in [-0.2, -0.15) is 5.10 Å². The third kappa shape index (κ3) is 4.57. The van der Waals surface area contributed by atoms with Crippen LogP contribution in [0, 0.1) is 5.82 Å². The van der Waals surface area contributed by atoms with E-state index in [-0.39, 0.29) is 5.82 Å². The number of hydrogen-bond donors (Lipinski definition) is 1. The molecule has 0 bridgehead atoms. The molecule has 0 radical (unpaired) electrons. The van der Waals surface area contributed by atoms with E-state index in [0.717, 1.165) is 46.3 Å². The average Bonchev–Trinajstić information content (AvgIpc) is 3.46. The zero-order valence-corrected chi connectivity index (χ0v) is 23.4. The van der Waals surface area contributed by atoms with Crippen LogP contribution in [0.4, 0.5) is 10.3 Å². The number of halogens is 1. The van der Waals surface area contributed by atoms with Gasteiger partial charge in [0.25, 0.3) is 0 Å². The lowest BCUT2D eigenvalue weighted by molar-refractivity contribution is 0.00578. The lowest BCUT2D eigenvalue weighted by Crippen LogP contribution is -2.41. The molecule has 2 aliphatic heterocycles. The lowest BCUT2D eigenvalue weighted by atomic mass is 9.81. The topological polar surface area (TPSA) is 104 Å². The molecule has 6 rings (SSSR count). The van der Waals surface area contributed by atoms with Gasteiger partial charge in [0.15, 0.2) is 0 Å². The summed E-state index contributed by atoms with van der Waals surface area (Å²) < 4.78 is 27.7. The Bertz CT molecular complexity index is 1570. The number of benzene rings is 1. The predicted molar refractivity (Wildman–Crippen MR) is 153 cm³/mol. The minimum absolute atomic E-state index is 0.297. The minimum Gasteiger partial charge on any atom is -0.399 e. The molecule has 0 aliphatic carbocycles. The second-order valence-electron chi connectivity index (χ2n) is 11.7. The standard InChI is InChI=1S/C29H33BFN7O2/c1-27(2)28(3,4)40-30(39-27)22-14-24-25(35-18-36-38(24)17-22)19-10-12-37(13-11-19)26-33-15-21(16-34-26)29(5,32)20-6-8-23(31)9-7-20/h6-10,14-18H,11-13,32H2,1-5H3/t29-/m0/s1. The number of aromatic nitrogens is 5. The smallest absolute Gasteiger partial charge is 0.399 e. The van der Waals surface area contributed by atoms with E-state index >= 15 is 0 Å². The quantitative estimate of drug-likeness (QED) is 0.383. The maximum absolute atomic E-state index is 13.4. The third-order valence-corrected chi connectivity index (χ3v) is 8.43. The van der Waals surface area contributed by atoms with Crippen LogP contribution in [0.5, 0.6) is 0 Å². The van der Waals surface area contributed by atoms with Gasteiger partial charge in [-0.05, 0) is 70.4 Å². The molecule has 2 aliphatic rings. The number of rotatable bonds is 5. The number of nitrogens with zero attached hydrogens (tertiary/aromatic N) is 6. The van der Waals surface area contributed by atoms with Crippen molar-refractivity contribution in [2.75, 3.05) is 18.0 Å². The van der Waals surface area contributed by atoms with Crippen LogP contribution >= 0.6 is 0 Å². The molecule has 4 aromatic rings. The first kappa shape index (κ1) is 26.6. The molecular weight excluding hydrogens is 508 g/mol. The highest BCUT2D eigenvalue weighted by molar-refractivity contribution is 6.62. The Kier molecular flexibility index (Phi) is 6.28. The highest BCUT2D eigenvalue weighted by Crippen LogP contribution is 2.37.